The van der Waals surface area contributed by atoms with Gasteiger partial charge in [0.15, 0.2) is 0 Å². The number of halogens is 1. The van der Waals surface area contributed by atoms with Crippen molar-refractivity contribution < 1.29 is 9.18 Å². The molecule has 0 radical (unpaired) electrons. The van der Waals surface area contributed by atoms with E-state index in [0.717, 1.165) is 42.9 Å². The standard InChI is InChI=1S/C17H18FN3O/c18-14-5-3-13(4-6-14)16-8-7-15(11-20-16)19-12-17(22)21-9-1-2-10-21/h3-8,11,19H,1-2,9-10,12H2. The average molecular weight is 299 g/mol. The summed E-state index contributed by atoms with van der Waals surface area (Å²) in [4.78, 5) is 18.2. The van der Waals surface area contributed by atoms with Gasteiger partial charge in [-0.05, 0) is 49.2 Å². The lowest BCUT2D eigenvalue weighted by molar-refractivity contribution is -0.128. The van der Waals surface area contributed by atoms with Crippen LogP contribution in [-0.4, -0.2) is 35.4 Å². The molecule has 114 valence electrons. The fourth-order valence-corrected chi connectivity index (χ4v) is 2.55. The molecule has 2 heterocycles. The van der Waals surface area contributed by atoms with Crippen LogP contribution in [-0.2, 0) is 4.79 Å². The first-order valence-electron chi connectivity index (χ1n) is 7.46. The van der Waals surface area contributed by atoms with E-state index in [4.69, 9.17) is 0 Å². The SMILES string of the molecule is O=C(CNc1ccc(-c2ccc(F)cc2)nc1)N1CCCC1. The number of amides is 1. The minimum Gasteiger partial charge on any atom is -0.375 e. The zero-order valence-corrected chi connectivity index (χ0v) is 12.3. The van der Waals surface area contributed by atoms with Crippen LogP contribution in [0.2, 0.25) is 0 Å². The highest BCUT2D eigenvalue weighted by molar-refractivity contribution is 5.81. The maximum absolute atomic E-state index is 12.9. The van der Waals surface area contributed by atoms with Gasteiger partial charge in [-0.2, -0.15) is 0 Å². The molecule has 1 saturated heterocycles. The number of hydrogen-bond donors (Lipinski definition) is 1. The predicted molar refractivity (Wildman–Crippen MR) is 83.9 cm³/mol. The summed E-state index contributed by atoms with van der Waals surface area (Å²) in [6.07, 6.45) is 3.88. The highest BCUT2D eigenvalue weighted by atomic mass is 19.1. The number of hydrogen-bond acceptors (Lipinski definition) is 3. The molecule has 1 N–H and O–H groups in total. The second-order valence-electron chi connectivity index (χ2n) is 5.38. The van der Waals surface area contributed by atoms with E-state index >= 15 is 0 Å². The number of pyridine rings is 1. The molecule has 2 aromatic rings. The smallest absolute Gasteiger partial charge is 0.241 e. The summed E-state index contributed by atoms with van der Waals surface area (Å²) in [6.45, 7) is 2.02. The molecule has 0 spiro atoms. The number of carbonyl (C=O) groups is 1. The molecular weight excluding hydrogens is 281 g/mol. The summed E-state index contributed by atoms with van der Waals surface area (Å²) >= 11 is 0. The van der Waals surface area contributed by atoms with Gasteiger partial charge >= 0.3 is 0 Å². The van der Waals surface area contributed by atoms with Crippen LogP contribution in [0.25, 0.3) is 11.3 Å². The van der Waals surface area contributed by atoms with Crippen LogP contribution in [0.3, 0.4) is 0 Å². The van der Waals surface area contributed by atoms with E-state index in [1.807, 2.05) is 17.0 Å². The highest BCUT2D eigenvalue weighted by Crippen LogP contribution is 2.18. The Morgan fingerprint density at radius 3 is 2.50 bits per heavy atom. The van der Waals surface area contributed by atoms with Crippen LogP contribution in [0.1, 0.15) is 12.8 Å². The molecule has 1 aromatic carbocycles. The number of anilines is 1. The highest BCUT2D eigenvalue weighted by Gasteiger charge is 2.17. The van der Waals surface area contributed by atoms with Gasteiger partial charge in [0.25, 0.3) is 0 Å². The lowest BCUT2D eigenvalue weighted by atomic mass is 10.1. The van der Waals surface area contributed by atoms with E-state index < -0.39 is 0 Å². The lowest BCUT2D eigenvalue weighted by Crippen LogP contribution is -2.32. The average Bonchev–Trinajstić information content (AvgIpc) is 3.08. The fourth-order valence-electron chi connectivity index (χ4n) is 2.55. The van der Waals surface area contributed by atoms with Crippen molar-refractivity contribution in [1.29, 1.82) is 0 Å². The predicted octanol–water partition coefficient (Wildman–Crippen LogP) is 2.92. The quantitative estimate of drug-likeness (QED) is 0.944. The summed E-state index contributed by atoms with van der Waals surface area (Å²) in [5.74, 6) is -0.137. The molecule has 0 aliphatic carbocycles. The minimum absolute atomic E-state index is 0.125. The number of aromatic nitrogens is 1. The topological polar surface area (TPSA) is 45.2 Å². The Kier molecular flexibility index (Phi) is 4.32. The first-order valence-corrected chi connectivity index (χ1v) is 7.46. The molecule has 1 fully saturated rings. The molecule has 1 aliphatic heterocycles. The van der Waals surface area contributed by atoms with Crippen molar-refractivity contribution in [3.8, 4) is 11.3 Å². The van der Waals surface area contributed by atoms with Crippen molar-refractivity contribution in [3.05, 3.63) is 48.4 Å². The van der Waals surface area contributed by atoms with E-state index in [2.05, 4.69) is 10.3 Å². The van der Waals surface area contributed by atoms with Gasteiger partial charge in [0, 0.05) is 18.7 Å². The monoisotopic (exact) mass is 299 g/mol. The van der Waals surface area contributed by atoms with Crippen LogP contribution >= 0.6 is 0 Å². The van der Waals surface area contributed by atoms with Crippen molar-refractivity contribution in [2.24, 2.45) is 0 Å². The first kappa shape index (κ1) is 14.5. The lowest BCUT2D eigenvalue weighted by Gasteiger charge is -2.15. The van der Waals surface area contributed by atoms with Crippen molar-refractivity contribution in [2.75, 3.05) is 25.0 Å². The van der Waals surface area contributed by atoms with Crippen LogP contribution in [0.5, 0.6) is 0 Å². The van der Waals surface area contributed by atoms with Gasteiger partial charge in [-0.25, -0.2) is 4.39 Å². The number of likely N-dealkylation sites (tertiary alicyclic amines) is 1. The van der Waals surface area contributed by atoms with E-state index in [9.17, 15) is 9.18 Å². The van der Waals surface area contributed by atoms with Gasteiger partial charge < -0.3 is 10.2 Å². The Labute approximate surface area is 129 Å². The third-order valence-corrected chi connectivity index (χ3v) is 3.81. The van der Waals surface area contributed by atoms with Crippen molar-refractivity contribution in [2.45, 2.75) is 12.8 Å². The number of nitrogens with one attached hydrogen (secondary N) is 1. The Balaban J connectivity index is 1.59. The molecule has 22 heavy (non-hydrogen) atoms. The van der Waals surface area contributed by atoms with E-state index in [1.54, 1.807) is 18.3 Å². The Morgan fingerprint density at radius 2 is 1.86 bits per heavy atom. The van der Waals surface area contributed by atoms with Gasteiger partial charge in [0.1, 0.15) is 5.82 Å². The minimum atomic E-state index is -0.262. The molecule has 0 saturated carbocycles. The summed E-state index contributed by atoms with van der Waals surface area (Å²) < 4.78 is 12.9. The maximum Gasteiger partial charge on any atom is 0.241 e. The van der Waals surface area contributed by atoms with Crippen molar-refractivity contribution in [3.63, 3.8) is 0 Å². The van der Waals surface area contributed by atoms with E-state index in [1.165, 1.54) is 12.1 Å². The summed E-state index contributed by atoms with van der Waals surface area (Å²) in [7, 11) is 0. The third-order valence-electron chi connectivity index (χ3n) is 3.81. The van der Waals surface area contributed by atoms with Gasteiger partial charge in [0.05, 0.1) is 24.1 Å². The second-order valence-corrected chi connectivity index (χ2v) is 5.38. The molecular formula is C17H18FN3O. The van der Waals surface area contributed by atoms with Gasteiger partial charge in [-0.1, -0.05) is 0 Å². The fraction of sp³-hybridized carbons (Fsp3) is 0.294. The van der Waals surface area contributed by atoms with Gasteiger partial charge in [0.2, 0.25) is 5.91 Å². The van der Waals surface area contributed by atoms with E-state index in [-0.39, 0.29) is 18.3 Å². The van der Waals surface area contributed by atoms with Crippen LogP contribution < -0.4 is 5.32 Å². The van der Waals surface area contributed by atoms with Crippen molar-refractivity contribution in [1.82, 2.24) is 9.88 Å². The number of rotatable bonds is 4. The van der Waals surface area contributed by atoms with Gasteiger partial charge in [-0.3, -0.25) is 9.78 Å². The summed E-state index contributed by atoms with van der Waals surface area (Å²) in [6, 6.07) is 9.96. The molecule has 1 aromatic heterocycles. The van der Waals surface area contributed by atoms with Crippen LogP contribution in [0, 0.1) is 5.82 Å². The first-order chi connectivity index (χ1) is 10.7. The Hall–Kier alpha value is -2.43. The molecule has 4 nitrogen and oxygen atoms in total. The Morgan fingerprint density at radius 1 is 1.14 bits per heavy atom. The molecule has 1 aliphatic rings. The van der Waals surface area contributed by atoms with E-state index in [0.29, 0.717) is 0 Å². The zero-order chi connectivity index (χ0) is 15.4. The molecule has 0 unspecified atom stereocenters. The van der Waals surface area contributed by atoms with Gasteiger partial charge in [-0.15, -0.1) is 0 Å². The molecule has 5 heteroatoms. The number of carbonyl (C=O) groups excluding carboxylic acids is 1. The molecule has 3 rings (SSSR count). The Bertz CT molecular complexity index is 634. The largest absolute Gasteiger partial charge is 0.375 e. The third kappa shape index (κ3) is 3.42. The normalized spacial score (nSPS) is 14.1. The van der Waals surface area contributed by atoms with Crippen molar-refractivity contribution >= 4 is 11.6 Å². The molecule has 1 amide bonds. The summed E-state index contributed by atoms with van der Waals surface area (Å²) in [5, 5.41) is 3.10. The number of benzene rings is 1. The number of nitrogens with zero attached hydrogens (tertiary/aromatic N) is 2. The van der Waals surface area contributed by atoms with Crippen LogP contribution in [0.4, 0.5) is 10.1 Å². The summed E-state index contributed by atoms with van der Waals surface area (Å²) in [5.41, 5.74) is 2.44. The molecule has 0 bridgehead atoms. The van der Waals surface area contributed by atoms with Crippen LogP contribution in [0.15, 0.2) is 42.6 Å². The zero-order valence-electron chi connectivity index (χ0n) is 12.3. The second kappa shape index (κ2) is 6.56. The maximum atomic E-state index is 12.9. The molecule has 0 atom stereocenters.